The van der Waals surface area contributed by atoms with Gasteiger partial charge in [0, 0.05) is 38.8 Å². The van der Waals surface area contributed by atoms with Crippen LogP contribution >= 0.6 is 0 Å². The average Bonchev–Trinajstić information content (AvgIpc) is 2.33. The van der Waals surface area contributed by atoms with Crippen molar-refractivity contribution in [2.24, 2.45) is 0 Å². The SMILES string of the molecule is CNCCCN(C)S(=O)(=O)NCCN(C(C)C)C(C)C. The number of hydrogen-bond donors (Lipinski definition) is 2. The van der Waals surface area contributed by atoms with Gasteiger partial charge in [-0.25, -0.2) is 4.72 Å². The van der Waals surface area contributed by atoms with Gasteiger partial charge in [0.1, 0.15) is 0 Å². The smallest absolute Gasteiger partial charge is 0.279 e. The number of rotatable bonds is 11. The van der Waals surface area contributed by atoms with Gasteiger partial charge in [-0.1, -0.05) is 0 Å². The monoisotopic (exact) mass is 308 g/mol. The van der Waals surface area contributed by atoms with Gasteiger partial charge in [0.2, 0.25) is 0 Å². The second-order valence-corrected chi connectivity index (χ2v) is 7.47. The van der Waals surface area contributed by atoms with E-state index in [1.807, 2.05) is 7.05 Å². The van der Waals surface area contributed by atoms with E-state index in [9.17, 15) is 8.42 Å². The van der Waals surface area contributed by atoms with Crippen LogP contribution in [0.3, 0.4) is 0 Å². The summed E-state index contributed by atoms with van der Waals surface area (Å²) in [6, 6.07) is 0.820. The molecule has 6 nitrogen and oxygen atoms in total. The highest BCUT2D eigenvalue weighted by Crippen LogP contribution is 2.04. The van der Waals surface area contributed by atoms with Gasteiger partial charge in [0.15, 0.2) is 0 Å². The van der Waals surface area contributed by atoms with Crippen molar-refractivity contribution < 1.29 is 8.42 Å². The summed E-state index contributed by atoms with van der Waals surface area (Å²) >= 11 is 0. The van der Waals surface area contributed by atoms with Crippen molar-refractivity contribution in [2.75, 3.05) is 40.3 Å². The topological polar surface area (TPSA) is 64.7 Å². The summed E-state index contributed by atoms with van der Waals surface area (Å²) in [4.78, 5) is 2.27. The van der Waals surface area contributed by atoms with E-state index in [0.29, 0.717) is 25.2 Å². The summed E-state index contributed by atoms with van der Waals surface area (Å²) in [6.07, 6.45) is 0.804. The summed E-state index contributed by atoms with van der Waals surface area (Å²) in [6.45, 7) is 11.0. The zero-order valence-corrected chi connectivity index (χ0v) is 14.6. The third-order valence-corrected chi connectivity index (χ3v) is 4.86. The molecule has 0 aliphatic rings. The van der Waals surface area contributed by atoms with E-state index >= 15 is 0 Å². The van der Waals surface area contributed by atoms with Crippen LogP contribution in [0.15, 0.2) is 0 Å². The molecule has 122 valence electrons. The minimum atomic E-state index is -3.36. The Bertz CT molecular complexity index is 336. The third-order valence-electron chi connectivity index (χ3n) is 3.29. The predicted octanol–water partition coefficient (Wildman–Crippen LogP) is 0.481. The third kappa shape index (κ3) is 7.54. The van der Waals surface area contributed by atoms with E-state index < -0.39 is 10.2 Å². The molecule has 0 rings (SSSR count). The zero-order valence-electron chi connectivity index (χ0n) is 13.8. The lowest BCUT2D eigenvalue weighted by molar-refractivity contribution is 0.178. The molecule has 0 aromatic rings. The second kappa shape index (κ2) is 9.68. The van der Waals surface area contributed by atoms with Gasteiger partial charge in [0.05, 0.1) is 0 Å². The highest BCUT2D eigenvalue weighted by atomic mass is 32.2. The maximum Gasteiger partial charge on any atom is 0.279 e. The maximum absolute atomic E-state index is 12.0. The summed E-state index contributed by atoms with van der Waals surface area (Å²) in [7, 11) is 0.113. The Balaban J connectivity index is 4.21. The Hall–Kier alpha value is -0.210. The molecule has 0 saturated carbocycles. The first kappa shape index (κ1) is 19.8. The van der Waals surface area contributed by atoms with E-state index in [1.165, 1.54) is 4.31 Å². The number of nitrogens with one attached hydrogen (secondary N) is 2. The standard InChI is InChI=1S/C13H32N4O2S/c1-12(2)17(13(3)4)11-9-15-20(18,19)16(6)10-7-8-14-5/h12-15H,7-11H2,1-6H3. The van der Waals surface area contributed by atoms with Gasteiger partial charge in [0.25, 0.3) is 10.2 Å². The van der Waals surface area contributed by atoms with Crippen LogP contribution < -0.4 is 10.0 Å². The Labute approximate surface area is 125 Å². The van der Waals surface area contributed by atoms with Crippen molar-refractivity contribution in [3.63, 3.8) is 0 Å². The minimum absolute atomic E-state index is 0.410. The van der Waals surface area contributed by atoms with E-state index in [1.54, 1.807) is 7.05 Å². The van der Waals surface area contributed by atoms with Crippen LogP contribution in [0.4, 0.5) is 0 Å². The fourth-order valence-corrected chi connectivity index (χ4v) is 3.06. The molecule has 0 aromatic carbocycles. The fourth-order valence-electron chi connectivity index (χ4n) is 2.13. The molecule has 7 heteroatoms. The number of hydrogen-bond acceptors (Lipinski definition) is 4. The van der Waals surface area contributed by atoms with Crippen LogP contribution in [0.1, 0.15) is 34.1 Å². The van der Waals surface area contributed by atoms with Gasteiger partial charge in [-0.15, -0.1) is 0 Å². The molecule has 0 unspecified atom stereocenters. The molecule has 0 amide bonds. The first-order valence-corrected chi connectivity index (χ1v) is 8.77. The van der Waals surface area contributed by atoms with Crippen LogP contribution in [-0.2, 0) is 10.2 Å². The summed E-state index contributed by atoms with van der Waals surface area (Å²) in [5.41, 5.74) is 0. The van der Waals surface area contributed by atoms with E-state index in [2.05, 4.69) is 42.6 Å². The highest BCUT2D eigenvalue weighted by Gasteiger charge is 2.18. The normalized spacial score (nSPS) is 13.1. The molecular weight excluding hydrogens is 276 g/mol. The predicted molar refractivity (Wildman–Crippen MR) is 85.1 cm³/mol. The average molecular weight is 308 g/mol. The molecule has 0 fully saturated rings. The highest BCUT2D eigenvalue weighted by molar-refractivity contribution is 7.87. The fraction of sp³-hybridized carbons (Fsp3) is 1.00. The van der Waals surface area contributed by atoms with Gasteiger partial charge >= 0.3 is 0 Å². The van der Waals surface area contributed by atoms with Crippen LogP contribution in [0.25, 0.3) is 0 Å². The van der Waals surface area contributed by atoms with Gasteiger partial charge in [-0.2, -0.15) is 12.7 Å². The molecule has 0 aromatic heterocycles. The van der Waals surface area contributed by atoms with Crippen molar-refractivity contribution in [2.45, 2.75) is 46.2 Å². The molecule has 0 saturated heterocycles. The van der Waals surface area contributed by atoms with Gasteiger partial charge < -0.3 is 5.32 Å². The van der Waals surface area contributed by atoms with Crippen molar-refractivity contribution in [3.05, 3.63) is 0 Å². The molecule has 0 atom stereocenters. The maximum atomic E-state index is 12.0. The van der Waals surface area contributed by atoms with E-state index in [-0.39, 0.29) is 0 Å². The lowest BCUT2D eigenvalue weighted by Gasteiger charge is -2.30. The van der Waals surface area contributed by atoms with Crippen molar-refractivity contribution in [1.82, 2.24) is 19.2 Å². The van der Waals surface area contributed by atoms with Crippen LogP contribution in [0.2, 0.25) is 0 Å². The summed E-state index contributed by atoms with van der Waals surface area (Å²) in [5.74, 6) is 0. The lowest BCUT2D eigenvalue weighted by atomic mass is 10.2. The second-order valence-electron chi connectivity index (χ2n) is 5.60. The van der Waals surface area contributed by atoms with Crippen LogP contribution in [0.5, 0.6) is 0 Å². The first-order valence-electron chi connectivity index (χ1n) is 7.33. The largest absolute Gasteiger partial charge is 0.320 e. The molecule has 0 aliphatic heterocycles. The minimum Gasteiger partial charge on any atom is -0.320 e. The molecule has 2 N–H and O–H groups in total. The molecule has 0 radical (unpaired) electrons. The molecule has 0 spiro atoms. The Morgan fingerprint density at radius 1 is 1.00 bits per heavy atom. The van der Waals surface area contributed by atoms with Crippen molar-refractivity contribution in [1.29, 1.82) is 0 Å². The molecule has 20 heavy (non-hydrogen) atoms. The molecule has 0 bridgehead atoms. The summed E-state index contributed by atoms with van der Waals surface area (Å²) in [5, 5.41) is 3.01. The van der Waals surface area contributed by atoms with E-state index in [0.717, 1.165) is 19.5 Å². The quantitative estimate of drug-likeness (QED) is 0.545. The first-order chi connectivity index (χ1) is 9.22. The Kier molecular flexibility index (Phi) is 9.58. The Morgan fingerprint density at radius 2 is 1.55 bits per heavy atom. The Morgan fingerprint density at radius 3 is 2.00 bits per heavy atom. The molecule has 0 aliphatic carbocycles. The molecular formula is C13H32N4O2S. The van der Waals surface area contributed by atoms with Crippen LogP contribution in [-0.4, -0.2) is 70.0 Å². The zero-order chi connectivity index (χ0) is 15.8. The van der Waals surface area contributed by atoms with Crippen LogP contribution in [0, 0.1) is 0 Å². The van der Waals surface area contributed by atoms with Gasteiger partial charge in [-0.3, -0.25) is 4.90 Å². The van der Waals surface area contributed by atoms with Crippen molar-refractivity contribution in [3.8, 4) is 0 Å². The van der Waals surface area contributed by atoms with Crippen molar-refractivity contribution >= 4 is 10.2 Å². The number of nitrogens with zero attached hydrogens (tertiary/aromatic N) is 2. The van der Waals surface area contributed by atoms with E-state index in [4.69, 9.17) is 0 Å². The van der Waals surface area contributed by atoms with Gasteiger partial charge in [-0.05, 0) is 47.7 Å². The lowest BCUT2D eigenvalue weighted by Crippen LogP contribution is -2.45. The summed E-state index contributed by atoms with van der Waals surface area (Å²) < 4.78 is 28.1. The molecule has 0 heterocycles.